The Morgan fingerprint density at radius 1 is 1.12 bits per heavy atom. The van der Waals surface area contributed by atoms with Gasteiger partial charge in [-0.15, -0.1) is 0 Å². The van der Waals surface area contributed by atoms with E-state index < -0.39 is 16.9 Å². The minimum atomic E-state index is -0.848. The summed E-state index contributed by atoms with van der Waals surface area (Å²) in [5, 5.41) is 11.0. The van der Waals surface area contributed by atoms with Gasteiger partial charge in [0.25, 0.3) is 11.2 Å². The lowest BCUT2D eigenvalue weighted by Crippen LogP contribution is -2.40. The highest BCUT2D eigenvalue weighted by Gasteiger charge is 2.34. The fraction of sp³-hybridized carbons (Fsp3) is 0.345. The van der Waals surface area contributed by atoms with E-state index in [0.29, 0.717) is 44.3 Å². The average Bonchev–Trinajstić information content (AvgIpc) is 3.26. The SMILES string of the molecule is CCCCOc1ccc(C2C(C(=O)OCCOC)=C(C)N=c3sc(=Cc4ccc([N+](=O)[O-])cc4)c(=O)n32)cc1OC. The molecule has 1 atom stereocenters. The molecule has 1 aliphatic heterocycles. The van der Waals surface area contributed by atoms with Crippen LogP contribution < -0.4 is 24.4 Å². The summed E-state index contributed by atoms with van der Waals surface area (Å²) in [5.74, 6) is 0.411. The number of aromatic nitrogens is 1. The highest BCUT2D eigenvalue weighted by molar-refractivity contribution is 7.07. The topological polar surface area (TPSA) is 131 Å². The molecule has 0 amide bonds. The Hall–Kier alpha value is -4.29. The van der Waals surface area contributed by atoms with Crippen molar-refractivity contribution in [3.8, 4) is 11.5 Å². The molecule has 2 heterocycles. The number of methoxy groups -OCH3 is 2. The summed E-state index contributed by atoms with van der Waals surface area (Å²) in [4.78, 5) is 42.7. The van der Waals surface area contributed by atoms with E-state index in [0.717, 1.165) is 24.2 Å². The van der Waals surface area contributed by atoms with Crippen LogP contribution in [0.1, 0.15) is 43.9 Å². The van der Waals surface area contributed by atoms with Crippen LogP contribution in [0.4, 0.5) is 5.69 Å². The lowest BCUT2D eigenvalue weighted by molar-refractivity contribution is -0.384. The van der Waals surface area contributed by atoms with Gasteiger partial charge in [0.2, 0.25) is 0 Å². The van der Waals surface area contributed by atoms with Gasteiger partial charge in [0.15, 0.2) is 16.3 Å². The summed E-state index contributed by atoms with van der Waals surface area (Å²) in [7, 11) is 3.04. The fourth-order valence-electron chi connectivity index (χ4n) is 4.34. The van der Waals surface area contributed by atoms with E-state index in [2.05, 4.69) is 11.9 Å². The molecule has 1 aromatic heterocycles. The van der Waals surface area contributed by atoms with Crippen LogP contribution in [0, 0.1) is 10.1 Å². The van der Waals surface area contributed by atoms with Crippen molar-refractivity contribution >= 4 is 29.1 Å². The highest BCUT2D eigenvalue weighted by atomic mass is 32.1. The Morgan fingerprint density at radius 3 is 2.54 bits per heavy atom. The average molecular weight is 582 g/mol. The van der Waals surface area contributed by atoms with Gasteiger partial charge in [-0.2, -0.15) is 0 Å². The van der Waals surface area contributed by atoms with E-state index >= 15 is 0 Å². The summed E-state index contributed by atoms with van der Waals surface area (Å²) in [5.41, 5.74) is 1.45. The van der Waals surface area contributed by atoms with Gasteiger partial charge in [-0.1, -0.05) is 30.7 Å². The van der Waals surface area contributed by atoms with Gasteiger partial charge in [-0.25, -0.2) is 9.79 Å². The fourth-order valence-corrected chi connectivity index (χ4v) is 5.38. The van der Waals surface area contributed by atoms with Gasteiger partial charge in [0, 0.05) is 19.2 Å². The highest BCUT2D eigenvalue weighted by Crippen LogP contribution is 2.36. The molecule has 0 saturated carbocycles. The van der Waals surface area contributed by atoms with Crippen molar-refractivity contribution in [2.45, 2.75) is 32.7 Å². The molecular weight excluding hydrogens is 550 g/mol. The largest absolute Gasteiger partial charge is 0.493 e. The number of carbonyl (C=O) groups excluding carboxylic acids is 1. The van der Waals surface area contributed by atoms with Crippen LogP contribution in [0.2, 0.25) is 0 Å². The lowest BCUT2D eigenvalue weighted by atomic mass is 9.95. The van der Waals surface area contributed by atoms with Crippen molar-refractivity contribution in [1.29, 1.82) is 0 Å². The molecule has 2 aromatic carbocycles. The third-order valence-electron chi connectivity index (χ3n) is 6.42. The molecule has 4 rings (SSSR count). The zero-order valence-corrected chi connectivity index (χ0v) is 24.1. The molecule has 0 radical (unpaired) electrons. The first kappa shape index (κ1) is 29.7. The predicted octanol–water partition coefficient (Wildman–Crippen LogP) is 3.52. The number of hydrogen-bond donors (Lipinski definition) is 0. The van der Waals surface area contributed by atoms with E-state index in [1.807, 2.05) is 0 Å². The summed E-state index contributed by atoms with van der Waals surface area (Å²) in [6.07, 6.45) is 3.51. The van der Waals surface area contributed by atoms with Crippen LogP contribution in [-0.4, -0.2) is 49.5 Å². The molecule has 0 saturated heterocycles. The van der Waals surface area contributed by atoms with Crippen molar-refractivity contribution in [2.75, 3.05) is 34.0 Å². The number of ether oxygens (including phenoxy) is 4. The number of non-ortho nitro benzene ring substituents is 1. The number of unbranched alkanes of at least 4 members (excludes halogenated alkanes) is 1. The van der Waals surface area contributed by atoms with Gasteiger partial charge >= 0.3 is 5.97 Å². The smallest absolute Gasteiger partial charge is 0.338 e. The standard InChI is InChI=1S/C29H31N3O8S/c1-5-6-13-39-22-12-9-20(17-23(22)38-4)26-25(28(34)40-15-14-37-3)18(2)30-29-31(26)27(33)24(41-29)16-19-7-10-21(11-8-19)32(35)36/h7-12,16-17,26H,5-6,13-15H2,1-4H3. The number of nitro benzene ring substituents is 1. The second kappa shape index (κ2) is 13.4. The quantitative estimate of drug-likeness (QED) is 0.137. The summed E-state index contributed by atoms with van der Waals surface area (Å²) in [6, 6.07) is 10.4. The van der Waals surface area contributed by atoms with Crippen LogP contribution in [0.3, 0.4) is 0 Å². The molecule has 11 nitrogen and oxygen atoms in total. The Balaban J connectivity index is 1.85. The summed E-state index contributed by atoms with van der Waals surface area (Å²) < 4.78 is 23.8. The molecule has 1 unspecified atom stereocenters. The first-order valence-corrected chi connectivity index (χ1v) is 13.8. The Bertz CT molecular complexity index is 1640. The van der Waals surface area contributed by atoms with Gasteiger partial charge in [-0.3, -0.25) is 19.5 Å². The minimum Gasteiger partial charge on any atom is -0.493 e. The number of fused-ring (bicyclic) bond motifs is 1. The normalized spacial score (nSPS) is 14.8. The van der Waals surface area contributed by atoms with Gasteiger partial charge < -0.3 is 18.9 Å². The number of nitrogens with zero attached hydrogens (tertiary/aromatic N) is 3. The van der Waals surface area contributed by atoms with Gasteiger partial charge in [-0.05, 0) is 54.8 Å². The molecule has 0 N–H and O–H groups in total. The molecule has 0 spiro atoms. The number of rotatable bonds is 12. The third kappa shape index (κ3) is 6.55. The van der Waals surface area contributed by atoms with Crippen molar-refractivity contribution in [2.24, 2.45) is 4.99 Å². The number of esters is 1. The number of allylic oxidation sites excluding steroid dienone is 1. The third-order valence-corrected chi connectivity index (χ3v) is 7.41. The molecular formula is C29H31N3O8S. The van der Waals surface area contributed by atoms with E-state index in [9.17, 15) is 19.7 Å². The second-order valence-corrected chi connectivity index (χ2v) is 10.2. The number of nitro groups is 1. The predicted molar refractivity (Wildman–Crippen MR) is 153 cm³/mol. The molecule has 3 aromatic rings. The second-order valence-electron chi connectivity index (χ2n) is 9.17. The maximum Gasteiger partial charge on any atom is 0.338 e. The Kier molecular flexibility index (Phi) is 9.69. The van der Waals surface area contributed by atoms with E-state index in [4.69, 9.17) is 18.9 Å². The summed E-state index contributed by atoms with van der Waals surface area (Å²) in [6.45, 7) is 4.56. The molecule has 41 heavy (non-hydrogen) atoms. The van der Waals surface area contributed by atoms with Crippen molar-refractivity contribution in [3.63, 3.8) is 0 Å². The minimum absolute atomic E-state index is 0.0386. The van der Waals surface area contributed by atoms with Gasteiger partial charge in [0.05, 0.1) is 47.1 Å². The summed E-state index contributed by atoms with van der Waals surface area (Å²) >= 11 is 1.16. The molecule has 1 aliphatic rings. The van der Waals surface area contributed by atoms with Crippen LogP contribution in [0.5, 0.6) is 11.5 Å². The van der Waals surface area contributed by atoms with E-state index in [1.54, 1.807) is 43.3 Å². The molecule has 0 bridgehead atoms. The van der Waals surface area contributed by atoms with Crippen molar-refractivity contribution < 1.29 is 28.7 Å². The van der Waals surface area contributed by atoms with Crippen LogP contribution >= 0.6 is 11.3 Å². The Morgan fingerprint density at radius 2 is 1.88 bits per heavy atom. The van der Waals surface area contributed by atoms with Crippen LogP contribution in [0.15, 0.2) is 63.5 Å². The Labute approximate surface area is 240 Å². The maximum absolute atomic E-state index is 13.8. The first-order valence-electron chi connectivity index (χ1n) is 13.0. The number of hydrogen-bond acceptors (Lipinski definition) is 10. The number of benzene rings is 2. The molecule has 0 fully saturated rings. The zero-order chi connectivity index (χ0) is 29.5. The maximum atomic E-state index is 13.8. The van der Waals surface area contributed by atoms with Crippen molar-refractivity contribution in [3.05, 3.63) is 94.7 Å². The van der Waals surface area contributed by atoms with Crippen LogP contribution in [-0.2, 0) is 14.3 Å². The first-order chi connectivity index (χ1) is 19.8. The van der Waals surface area contributed by atoms with Crippen LogP contribution in [0.25, 0.3) is 6.08 Å². The zero-order valence-electron chi connectivity index (χ0n) is 23.2. The molecule has 216 valence electrons. The van der Waals surface area contributed by atoms with E-state index in [1.165, 1.54) is 30.9 Å². The van der Waals surface area contributed by atoms with E-state index in [-0.39, 0.29) is 30.0 Å². The number of thiazole rings is 1. The number of carbonyl (C=O) groups is 1. The monoisotopic (exact) mass is 581 g/mol. The molecule has 12 heteroatoms. The lowest BCUT2D eigenvalue weighted by Gasteiger charge is -2.25. The van der Waals surface area contributed by atoms with Gasteiger partial charge in [0.1, 0.15) is 6.61 Å². The molecule has 0 aliphatic carbocycles. The van der Waals surface area contributed by atoms with Crippen molar-refractivity contribution in [1.82, 2.24) is 4.57 Å².